The smallest absolute Gasteiger partial charge is 0.119 e. The summed E-state index contributed by atoms with van der Waals surface area (Å²) in [6.07, 6.45) is 0.921. The molecule has 0 atom stereocenters. The molecule has 1 aromatic rings. The van der Waals surface area contributed by atoms with Crippen LogP contribution < -0.4 is 0 Å². The summed E-state index contributed by atoms with van der Waals surface area (Å²) in [6.45, 7) is 5.33. The topological polar surface area (TPSA) is 58.1 Å². The summed E-state index contributed by atoms with van der Waals surface area (Å²) in [6, 6.07) is 0. The third-order valence-corrected chi connectivity index (χ3v) is 2.88. The second kappa shape index (κ2) is 3.37. The van der Waals surface area contributed by atoms with Gasteiger partial charge in [-0.1, -0.05) is 6.92 Å². The summed E-state index contributed by atoms with van der Waals surface area (Å²) in [5.41, 5.74) is 1.92. The monoisotopic (exact) mass is 196 g/mol. The molecule has 2 heterocycles. The molecule has 2 N–H and O–H groups in total. The van der Waals surface area contributed by atoms with Crippen molar-refractivity contribution < 1.29 is 9.84 Å². The Bertz CT molecular complexity index is 323. The van der Waals surface area contributed by atoms with Crippen LogP contribution in [0.2, 0.25) is 0 Å². The maximum atomic E-state index is 9.32. The van der Waals surface area contributed by atoms with Crippen molar-refractivity contribution in [2.75, 3.05) is 19.8 Å². The molecule has 0 aromatic carbocycles. The van der Waals surface area contributed by atoms with E-state index in [0.717, 1.165) is 23.6 Å². The Balaban J connectivity index is 2.31. The molecule has 4 nitrogen and oxygen atoms in total. The summed E-state index contributed by atoms with van der Waals surface area (Å²) >= 11 is 0. The number of rotatable bonds is 3. The summed E-state index contributed by atoms with van der Waals surface area (Å²) in [5.74, 6) is 0.876. The molecule has 0 amide bonds. The van der Waals surface area contributed by atoms with Crippen LogP contribution in [-0.2, 0) is 16.6 Å². The molecule has 0 saturated carbocycles. The first kappa shape index (κ1) is 9.68. The number of aromatic nitrogens is 2. The molecule has 14 heavy (non-hydrogen) atoms. The van der Waals surface area contributed by atoms with Gasteiger partial charge in [0, 0.05) is 5.69 Å². The minimum absolute atomic E-state index is 0.100. The first-order valence-electron chi connectivity index (χ1n) is 4.96. The van der Waals surface area contributed by atoms with Crippen LogP contribution in [0.25, 0.3) is 0 Å². The fourth-order valence-corrected chi connectivity index (χ4v) is 1.74. The molecule has 4 heteroatoms. The summed E-state index contributed by atoms with van der Waals surface area (Å²) in [4.78, 5) is 7.74. The Hall–Kier alpha value is -0.870. The zero-order valence-corrected chi connectivity index (χ0v) is 8.63. The van der Waals surface area contributed by atoms with Gasteiger partial charge >= 0.3 is 0 Å². The summed E-state index contributed by atoms with van der Waals surface area (Å²) in [7, 11) is 0. The van der Waals surface area contributed by atoms with Gasteiger partial charge in [-0.15, -0.1) is 0 Å². The van der Waals surface area contributed by atoms with Gasteiger partial charge in [0.2, 0.25) is 0 Å². The van der Waals surface area contributed by atoms with E-state index in [0.29, 0.717) is 13.2 Å². The van der Waals surface area contributed by atoms with Crippen LogP contribution in [0.4, 0.5) is 0 Å². The largest absolute Gasteiger partial charge is 0.395 e. The zero-order valence-electron chi connectivity index (χ0n) is 8.63. The van der Waals surface area contributed by atoms with E-state index in [1.54, 1.807) is 0 Å². The number of aryl methyl sites for hydroxylation is 2. The van der Waals surface area contributed by atoms with E-state index in [1.165, 1.54) is 0 Å². The maximum absolute atomic E-state index is 9.32. The SMILES string of the molecule is CCc1nc(C2(CO)COC2)[nH]c1C. The van der Waals surface area contributed by atoms with Crippen LogP contribution >= 0.6 is 0 Å². The van der Waals surface area contributed by atoms with E-state index in [4.69, 9.17) is 4.74 Å². The Morgan fingerprint density at radius 2 is 2.29 bits per heavy atom. The average molecular weight is 196 g/mol. The third-order valence-electron chi connectivity index (χ3n) is 2.88. The number of aliphatic hydroxyl groups is 1. The Kier molecular flexibility index (Phi) is 2.33. The molecule has 2 rings (SSSR count). The number of aliphatic hydroxyl groups excluding tert-OH is 1. The molecule has 0 unspecified atom stereocenters. The molecule has 0 spiro atoms. The summed E-state index contributed by atoms with van der Waals surface area (Å²) in [5, 5.41) is 9.32. The van der Waals surface area contributed by atoms with Crippen molar-refractivity contribution in [3.8, 4) is 0 Å². The van der Waals surface area contributed by atoms with Gasteiger partial charge in [0.1, 0.15) is 5.82 Å². The lowest BCUT2D eigenvalue weighted by molar-refractivity contribution is -0.0881. The van der Waals surface area contributed by atoms with Gasteiger partial charge in [-0.3, -0.25) is 0 Å². The highest BCUT2D eigenvalue weighted by atomic mass is 16.5. The Labute approximate surface area is 83.3 Å². The number of imidazole rings is 1. The minimum Gasteiger partial charge on any atom is -0.395 e. The standard InChI is InChI=1S/C10H16N2O2/c1-3-8-7(2)11-9(12-8)10(4-13)5-14-6-10/h13H,3-6H2,1-2H3,(H,11,12). The van der Waals surface area contributed by atoms with Crippen LogP contribution in [0.3, 0.4) is 0 Å². The first-order chi connectivity index (χ1) is 6.72. The van der Waals surface area contributed by atoms with Crippen molar-refractivity contribution in [1.82, 2.24) is 9.97 Å². The van der Waals surface area contributed by atoms with E-state index >= 15 is 0 Å². The lowest BCUT2D eigenvalue weighted by Gasteiger charge is -2.37. The van der Waals surface area contributed by atoms with Crippen LogP contribution in [0.15, 0.2) is 0 Å². The van der Waals surface area contributed by atoms with Crippen LogP contribution in [-0.4, -0.2) is 34.9 Å². The van der Waals surface area contributed by atoms with Crippen LogP contribution in [0, 0.1) is 6.92 Å². The van der Waals surface area contributed by atoms with Crippen LogP contribution in [0.1, 0.15) is 24.1 Å². The summed E-state index contributed by atoms with van der Waals surface area (Å²) < 4.78 is 5.15. The lowest BCUT2D eigenvalue weighted by atomic mass is 9.86. The molecular weight excluding hydrogens is 180 g/mol. The highest BCUT2D eigenvalue weighted by Gasteiger charge is 2.42. The number of aromatic amines is 1. The predicted molar refractivity (Wildman–Crippen MR) is 52.3 cm³/mol. The van der Waals surface area contributed by atoms with Crippen molar-refractivity contribution in [2.45, 2.75) is 25.7 Å². The van der Waals surface area contributed by atoms with E-state index in [9.17, 15) is 5.11 Å². The fourth-order valence-electron chi connectivity index (χ4n) is 1.74. The highest BCUT2D eigenvalue weighted by molar-refractivity contribution is 5.21. The minimum atomic E-state index is -0.266. The van der Waals surface area contributed by atoms with Crippen molar-refractivity contribution in [3.63, 3.8) is 0 Å². The lowest BCUT2D eigenvalue weighted by Crippen LogP contribution is -2.50. The van der Waals surface area contributed by atoms with Crippen LogP contribution in [0.5, 0.6) is 0 Å². The van der Waals surface area contributed by atoms with Gasteiger partial charge in [0.25, 0.3) is 0 Å². The van der Waals surface area contributed by atoms with Gasteiger partial charge in [-0.05, 0) is 13.3 Å². The molecule has 0 radical (unpaired) electrons. The average Bonchev–Trinajstić information content (AvgIpc) is 2.46. The molecule has 0 aliphatic carbocycles. The molecular formula is C10H16N2O2. The van der Waals surface area contributed by atoms with E-state index < -0.39 is 0 Å². The third kappa shape index (κ3) is 1.26. The molecule has 1 aliphatic rings. The maximum Gasteiger partial charge on any atom is 0.119 e. The van der Waals surface area contributed by atoms with Gasteiger partial charge in [0.05, 0.1) is 30.9 Å². The second-order valence-electron chi connectivity index (χ2n) is 3.94. The van der Waals surface area contributed by atoms with E-state index in [-0.39, 0.29) is 12.0 Å². The van der Waals surface area contributed by atoms with Crippen molar-refractivity contribution in [3.05, 3.63) is 17.2 Å². The molecule has 1 aromatic heterocycles. The zero-order chi connectivity index (χ0) is 10.2. The van der Waals surface area contributed by atoms with Gasteiger partial charge in [-0.2, -0.15) is 0 Å². The molecule has 1 aliphatic heterocycles. The quantitative estimate of drug-likeness (QED) is 0.742. The number of nitrogens with zero attached hydrogens (tertiary/aromatic N) is 1. The predicted octanol–water partition coefficient (Wildman–Crippen LogP) is 0.541. The van der Waals surface area contributed by atoms with Gasteiger partial charge in [0.15, 0.2) is 0 Å². The molecule has 1 saturated heterocycles. The van der Waals surface area contributed by atoms with Crippen molar-refractivity contribution >= 4 is 0 Å². The molecule has 1 fully saturated rings. The normalized spacial score (nSPS) is 19.4. The Morgan fingerprint density at radius 3 is 2.64 bits per heavy atom. The molecule has 78 valence electrons. The number of nitrogens with one attached hydrogen (secondary N) is 1. The number of ether oxygens (including phenoxy) is 1. The second-order valence-corrected chi connectivity index (χ2v) is 3.94. The van der Waals surface area contributed by atoms with Crippen molar-refractivity contribution in [2.24, 2.45) is 0 Å². The number of H-pyrrole nitrogens is 1. The fraction of sp³-hybridized carbons (Fsp3) is 0.700. The van der Waals surface area contributed by atoms with E-state index in [2.05, 4.69) is 16.9 Å². The molecule has 0 bridgehead atoms. The van der Waals surface area contributed by atoms with E-state index in [1.807, 2.05) is 6.92 Å². The first-order valence-corrected chi connectivity index (χ1v) is 4.96. The highest BCUT2D eigenvalue weighted by Crippen LogP contribution is 2.30. The van der Waals surface area contributed by atoms with Crippen molar-refractivity contribution in [1.29, 1.82) is 0 Å². The number of hydrogen-bond acceptors (Lipinski definition) is 3. The van der Waals surface area contributed by atoms with Gasteiger partial charge in [-0.25, -0.2) is 4.98 Å². The van der Waals surface area contributed by atoms with Gasteiger partial charge < -0.3 is 14.8 Å². The number of hydrogen-bond donors (Lipinski definition) is 2. The Morgan fingerprint density at radius 1 is 1.57 bits per heavy atom.